The average molecular weight is 182 g/mol. The third-order valence-electron chi connectivity index (χ3n) is 1.41. The Hall–Kier alpha value is 0.467. The average Bonchev–Trinajstić information content (AvgIpc) is 1.89. The molecule has 0 atom stereocenters. The second-order valence-electron chi connectivity index (χ2n) is 2.46. The molecule has 0 heterocycles. The molecule has 64 valence electrons. The third kappa shape index (κ3) is 11.3. The van der Waals surface area contributed by atoms with E-state index in [4.69, 9.17) is 0 Å². The molecule has 0 unspecified atom stereocenters. The fourth-order valence-electron chi connectivity index (χ4n) is 0.729. The van der Waals surface area contributed by atoms with Gasteiger partial charge in [-0.05, 0) is 13.0 Å². The first-order chi connectivity index (χ1) is 4.41. The minimum absolute atomic E-state index is 0. The van der Waals surface area contributed by atoms with Crippen LogP contribution in [0.25, 0.3) is 0 Å². The minimum atomic E-state index is 0. The van der Waals surface area contributed by atoms with E-state index in [1.165, 1.54) is 31.9 Å². The quantitative estimate of drug-likeness (QED) is 0.486. The summed E-state index contributed by atoms with van der Waals surface area (Å²) >= 11 is 0. The Morgan fingerprint density at radius 3 is 2.40 bits per heavy atom. The zero-order valence-corrected chi connectivity index (χ0v) is 9.38. The summed E-state index contributed by atoms with van der Waals surface area (Å²) < 4.78 is 0. The monoisotopic (exact) mass is 181 g/mol. The summed E-state index contributed by atoms with van der Waals surface area (Å²) in [5.41, 5.74) is 0. The van der Waals surface area contributed by atoms with Crippen LogP contribution < -0.4 is 4.98 Å². The standard InChI is InChI=1S/C7H19NSi.ClH/c1-3-5-6-8-9-7-4-2;/h8H,3-7,9H2,1-2H3;1H. The van der Waals surface area contributed by atoms with Crippen LogP contribution in [-0.2, 0) is 0 Å². The number of rotatable bonds is 6. The first-order valence-electron chi connectivity index (χ1n) is 4.12. The van der Waals surface area contributed by atoms with Crippen LogP contribution in [0.1, 0.15) is 33.1 Å². The van der Waals surface area contributed by atoms with E-state index < -0.39 is 0 Å². The van der Waals surface area contributed by atoms with Gasteiger partial charge in [0.15, 0.2) is 0 Å². The molecule has 0 aromatic rings. The lowest BCUT2D eigenvalue weighted by Gasteiger charge is -1.99. The Labute approximate surface area is 73.3 Å². The normalized spacial score (nSPS) is 10.2. The smallest absolute Gasteiger partial charge is 0.0916 e. The van der Waals surface area contributed by atoms with Gasteiger partial charge < -0.3 is 4.98 Å². The van der Waals surface area contributed by atoms with Crippen LogP contribution in [0.5, 0.6) is 0 Å². The molecule has 0 aromatic carbocycles. The van der Waals surface area contributed by atoms with Gasteiger partial charge in [0.05, 0.1) is 9.68 Å². The van der Waals surface area contributed by atoms with E-state index in [-0.39, 0.29) is 22.1 Å². The molecule has 0 aliphatic rings. The van der Waals surface area contributed by atoms with E-state index in [0.717, 1.165) is 0 Å². The number of hydrogen-bond acceptors (Lipinski definition) is 1. The molecule has 0 aliphatic carbocycles. The summed E-state index contributed by atoms with van der Waals surface area (Å²) in [6.45, 7) is 5.76. The molecule has 0 aliphatic heterocycles. The van der Waals surface area contributed by atoms with Gasteiger partial charge in [0.25, 0.3) is 0 Å². The molecule has 0 saturated carbocycles. The van der Waals surface area contributed by atoms with Crippen LogP contribution in [0.15, 0.2) is 0 Å². The highest BCUT2D eigenvalue weighted by molar-refractivity contribution is 6.31. The number of unbranched alkanes of at least 4 members (excludes halogenated alkanes) is 1. The summed E-state index contributed by atoms with van der Waals surface area (Å²) in [5.74, 6) is 0. The summed E-state index contributed by atoms with van der Waals surface area (Å²) in [5, 5.41) is 0. The second kappa shape index (κ2) is 12.2. The van der Waals surface area contributed by atoms with Gasteiger partial charge in [-0.25, -0.2) is 0 Å². The molecule has 0 amide bonds. The van der Waals surface area contributed by atoms with E-state index in [2.05, 4.69) is 18.8 Å². The summed E-state index contributed by atoms with van der Waals surface area (Å²) in [4.78, 5) is 3.53. The van der Waals surface area contributed by atoms with Crippen molar-refractivity contribution in [2.45, 2.75) is 39.2 Å². The van der Waals surface area contributed by atoms with Crippen LogP contribution in [-0.4, -0.2) is 16.2 Å². The molecule has 1 N–H and O–H groups in total. The van der Waals surface area contributed by atoms with E-state index in [9.17, 15) is 0 Å². The van der Waals surface area contributed by atoms with Crippen molar-refractivity contribution < 1.29 is 0 Å². The lowest BCUT2D eigenvalue weighted by Crippen LogP contribution is -2.19. The maximum absolute atomic E-state index is 3.53. The maximum atomic E-state index is 3.53. The van der Waals surface area contributed by atoms with Gasteiger partial charge >= 0.3 is 0 Å². The van der Waals surface area contributed by atoms with Gasteiger partial charge in [0.1, 0.15) is 0 Å². The van der Waals surface area contributed by atoms with Crippen LogP contribution >= 0.6 is 12.4 Å². The van der Waals surface area contributed by atoms with Crippen molar-refractivity contribution in [3.63, 3.8) is 0 Å². The molecule has 3 heteroatoms. The zero-order chi connectivity index (χ0) is 6.95. The highest BCUT2D eigenvalue weighted by Crippen LogP contribution is 1.84. The molecule has 0 radical (unpaired) electrons. The molecule has 0 saturated heterocycles. The van der Waals surface area contributed by atoms with Gasteiger partial charge in [-0.15, -0.1) is 12.4 Å². The summed E-state index contributed by atoms with van der Waals surface area (Å²) in [6.07, 6.45) is 4.05. The highest BCUT2D eigenvalue weighted by atomic mass is 35.5. The summed E-state index contributed by atoms with van der Waals surface area (Å²) in [6, 6.07) is 1.46. The van der Waals surface area contributed by atoms with Crippen molar-refractivity contribution in [2.24, 2.45) is 0 Å². The van der Waals surface area contributed by atoms with Crippen LogP contribution in [0.4, 0.5) is 0 Å². The molecule has 0 spiro atoms. The Morgan fingerprint density at radius 2 is 1.90 bits per heavy atom. The van der Waals surface area contributed by atoms with Crippen molar-refractivity contribution in [2.75, 3.05) is 6.54 Å². The predicted molar refractivity (Wildman–Crippen MR) is 53.8 cm³/mol. The van der Waals surface area contributed by atoms with Crippen molar-refractivity contribution >= 4 is 22.1 Å². The lowest BCUT2D eigenvalue weighted by atomic mass is 10.3. The number of hydrogen-bond donors (Lipinski definition) is 1. The molecule has 0 bridgehead atoms. The van der Waals surface area contributed by atoms with Gasteiger partial charge in [0, 0.05) is 0 Å². The second-order valence-corrected chi connectivity index (χ2v) is 4.16. The van der Waals surface area contributed by atoms with E-state index in [1.807, 2.05) is 0 Å². The van der Waals surface area contributed by atoms with Crippen LogP contribution in [0.2, 0.25) is 6.04 Å². The number of halogens is 1. The van der Waals surface area contributed by atoms with E-state index in [1.54, 1.807) is 0 Å². The Morgan fingerprint density at radius 1 is 1.20 bits per heavy atom. The van der Waals surface area contributed by atoms with Gasteiger partial charge in [-0.3, -0.25) is 0 Å². The van der Waals surface area contributed by atoms with Crippen LogP contribution in [0, 0.1) is 0 Å². The van der Waals surface area contributed by atoms with Crippen molar-refractivity contribution in [1.29, 1.82) is 0 Å². The largest absolute Gasteiger partial charge is 0.342 e. The fraction of sp³-hybridized carbons (Fsp3) is 1.00. The number of nitrogens with one attached hydrogen (secondary N) is 1. The predicted octanol–water partition coefficient (Wildman–Crippen LogP) is 1.71. The van der Waals surface area contributed by atoms with Gasteiger partial charge in [-0.2, -0.15) is 0 Å². The van der Waals surface area contributed by atoms with Gasteiger partial charge in [-0.1, -0.05) is 32.7 Å². The molecule has 0 rings (SSSR count). The Kier molecular flexibility index (Phi) is 15.9. The molecule has 0 fully saturated rings. The molecular formula is C7H20ClNSi. The van der Waals surface area contributed by atoms with Crippen molar-refractivity contribution in [3.8, 4) is 0 Å². The Balaban J connectivity index is 0. The Bertz CT molecular complexity index is 46.9. The first-order valence-corrected chi connectivity index (χ1v) is 5.83. The van der Waals surface area contributed by atoms with Crippen molar-refractivity contribution in [3.05, 3.63) is 0 Å². The summed E-state index contributed by atoms with van der Waals surface area (Å²) in [7, 11) is 0.141. The first kappa shape index (κ1) is 13.1. The lowest BCUT2D eigenvalue weighted by molar-refractivity contribution is 0.763. The van der Waals surface area contributed by atoms with E-state index >= 15 is 0 Å². The van der Waals surface area contributed by atoms with Crippen molar-refractivity contribution in [1.82, 2.24) is 4.98 Å². The maximum Gasteiger partial charge on any atom is 0.0916 e. The molecule has 10 heavy (non-hydrogen) atoms. The molecular weight excluding hydrogens is 162 g/mol. The topological polar surface area (TPSA) is 12.0 Å². The molecule has 0 aromatic heterocycles. The van der Waals surface area contributed by atoms with Crippen LogP contribution in [0.3, 0.4) is 0 Å². The minimum Gasteiger partial charge on any atom is -0.342 e. The fourth-order valence-corrected chi connectivity index (χ4v) is 1.83. The van der Waals surface area contributed by atoms with Gasteiger partial charge in [0.2, 0.25) is 0 Å². The highest BCUT2D eigenvalue weighted by Gasteiger charge is 1.84. The SMILES string of the molecule is CCCCN[SiH2]CCC.Cl. The third-order valence-corrected chi connectivity index (χ3v) is 3.18. The molecule has 1 nitrogen and oxygen atoms in total. The van der Waals surface area contributed by atoms with E-state index in [0.29, 0.717) is 0 Å². The zero-order valence-electron chi connectivity index (χ0n) is 7.15.